The Morgan fingerprint density at radius 1 is 0.329 bits per heavy atom. The van der Waals surface area contributed by atoms with Crippen molar-refractivity contribution >= 4 is 39.5 Å². The summed E-state index contributed by atoms with van der Waals surface area (Å²) in [4.78, 5) is 71.8. The molecule has 82 heavy (non-hydrogen) atoms. The van der Waals surface area contributed by atoms with Crippen LogP contribution in [-0.4, -0.2) is 96.7 Å². The second-order valence-corrected chi connectivity index (χ2v) is 26.7. The molecule has 5 atom stereocenters. The molecule has 0 saturated carbocycles. The van der Waals surface area contributed by atoms with Gasteiger partial charge in [0.05, 0.1) is 26.4 Å². The van der Waals surface area contributed by atoms with Gasteiger partial charge in [-0.2, -0.15) is 0 Å². The minimum atomic E-state index is -4.94. The summed E-state index contributed by atoms with van der Waals surface area (Å²) in [6.07, 6.45) is 38.1. The third kappa shape index (κ3) is 57.2. The van der Waals surface area contributed by atoms with Gasteiger partial charge in [0.15, 0.2) is 12.2 Å². The van der Waals surface area contributed by atoms with Crippen molar-refractivity contribution in [2.24, 2.45) is 11.8 Å². The standard InChI is InChI=1S/C63H122O17P2/c1-7-9-11-13-26-35-41-47-62(67)79-58(51-73-60(65)45-39-31-12-10-8-2)53-77-81(69,70)75-49-57(64)50-76-82(71,72)78-54-59(80-63(68)48-42-36-30-25-21-17-15-19-23-28-33-38-44-56(5)6)52-74-61(66)46-40-34-29-24-20-16-14-18-22-27-32-37-43-55(3)4/h55-59,64H,7-54H2,1-6H3,(H,69,70)(H,71,72)/t57-,58+,59+/m0/s1. The summed E-state index contributed by atoms with van der Waals surface area (Å²) in [5.41, 5.74) is 0. The molecule has 0 aliphatic heterocycles. The number of aliphatic hydroxyl groups is 1. The Hall–Kier alpha value is -1.94. The van der Waals surface area contributed by atoms with Crippen LogP contribution in [0, 0.1) is 11.8 Å². The van der Waals surface area contributed by atoms with E-state index in [-0.39, 0.29) is 25.7 Å². The fraction of sp³-hybridized carbons (Fsp3) is 0.937. The molecule has 0 aliphatic rings. The van der Waals surface area contributed by atoms with Crippen molar-refractivity contribution < 1.29 is 80.2 Å². The summed E-state index contributed by atoms with van der Waals surface area (Å²) in [6.45, 7) is 9.38. The maximum atomic E-state index is 13.0. The second kappa shape index (κ2) is 55.6. The van der Waals surface area contributed by atoms with E-state index in [0.717, 1.165) is 121 Å². The van der Waals surface area contributed by atoms with Crippen LogP contribution >= 0.6 is 15.6 Å². The molecule has 19 heteroatoms. The molecule has 486 valence electrons. The highest BCUT2D eigenvalue weighted by Gasteiger charge is 2.30. The van der Waals surface area contributed by atoms with Crippen LogP contribution in [0.3, 0.4) is 0 Å². The first-order chi connectivity index (χ1) is 39.4. The van der Waals surface area contributed by atoms with Crippen LogP contribution in [-0.2, 0) is 65.4 Å². The van der Waals surface area contributed by atoms with Crippen molar-refractivity contribution in [1.29, 1.82) is 0 Å². The lowest BCUT2D eigenvalue weighted by molar-refractivity contribution is -0.161. The Bertz CT molecular complexity index is 1620. The third-order valence-corrected chi connectivity index (χ3v) is 16.4. The highest BCUT2D eigenvalue weighted by Crippen LogP contribution is 2.45. The van der Waals surface area contributed by atoms with E-state index in [1.165, 1.54) is 109 Å². The van der Waals surface area contributed by atoms with Crippen LogP contribution in [0.1, 0.15) is 311 Å². The first-order valence-electron chi connectivity index (χ1n) is 33.0. The normalized spacial score (nSPS) is 14.3. The van der Waals surface area contributed by atoms with Gasteiger partial charge in [-0.05, 0) is 37.5 Å². The smallest absolute Gasteiger partial charge is 0.462 e. The number of phosphoric acid groups is 2. The lowest BCUT2D eigenvalue weighted by atomic mass is 10.0. The zero-order valence-electron chi connectivity index (χ0n) is 52.8. The van der Waals surface area contributed by atoms with Crippen molar-refractivity contribution in [1.82, 2.24) is 0 Å². The number of rotatable bonds is 62. The Morgan fingerprint density at radius 2 is 0.561 bits per heavy atom. The van der Waals surface area contributed by atoms with E-state index in [2.05, 4.69) is 41.5 Å². The van der Waals surface area contributed by atoms with Gasteiger partial charge in [0.2, 0.25) is 0 Å². The topological polar surface area (TPSA) is 237 Å². The van der Waals surface area contributed by atoms with Crippen LogP contribution in [0.25, 0.3) is 0 Å². The van der Waals surface area contributed by atoms with Crippen LogP contribution < -0.4 is 0 Å². The van der Waals surface area contributed by atoms with Gasteiger partial charge in [-0.3, -0.25) is 37.3 Å². The first-order valence-corrected chi connectivity index (χ1v) is 36.0. The average molecular weight is 1210 g/mol. The lowest BCUT2D eigenvalue weighted by Gasteiger charge is -2.21. The fourth-order valence-corrected chi connectivity index (χ4v) is 10.9. The molecular formula is C63H122O17P2. The van der Waals surface area contributed by atoms with E-state index < -0.39 is 97.5 Å². The largest absolute Gasteiger partial charge is 0.472 e. The van der Waals surface area contributed by atoms with Gasteiger partial charge in [-0.25, -0.2) is 9.13 Å². The zero-order chi connectivity index (χ0) is 60.8. The molecule has 0 heterocycles. The van der Waals surface area contributed by atoms with Gasteiger partial charge in [-0.1, -0.05) is 260 Å². The van der Waals surface area contributed by atoms with Gasteiger partial charge in [0, 0.05) is 25.7 Å². The van der Waals surface area contributed by atoms with Gasteiger partial charge < -0.3 is 33.8 Å². The number of aliphatic hydroxyl groups excluding tert-OH is 1. The van der Waals surface area contributed by atoms with Gasteiger partial charge in [0.1, 0.15) is 19.3 Å². The van der Waals surface area contributed by atoms with E-state index in [9.17, 15) is 43.2 Å². The Labute approximate surface area is 498 Å². The SMILES string of the molecule is CCCCCCCCCC(=O)O[C@H](COC(=O)CCCCCCC)COP(=O)(O)OC[C@H](O)COP(=O)(O)OC[C@@H](COC(=O)CCCCCCCCCCCCCCC(C)C)OC(=O)CCCCCCCCCCCCCCC(C)C. The van der Waals surface area contributed by atoms with E-state index in [0.29, 0.717) is 25.7 Å². The summed E-state index contributed by atoms with van der Waals surface area (Å²) in [6, 6.07) is 0. The number of carbonyl (C=O) groups is 4. The van der Waals surface area contributed by atoms with Gasteiger partial charge in [-0.15, -0.1) is 0 Å². The highest BCUT2D eigenvalue weighted by atomic mass is 31.2. The molecule has 0 fully saturated rings. The Balaban J connectivity index is 5.15. The molecule has 0 amide bonds. The molecular weight excluding hydrogens is 1090 g/mol. The van der Waals surface area contributed by atoms with Gasteiger partial charge in [0.25, 0.3) is 0 Å². The molecule has 0 aromatic carbocycles. The number of esters is 4. The first kappa shape index (κ1) is 80.1. The van der Waals surface area contributed by atoms with Crippen LogP contribution in [0.15, 0.2) is 0 Å². The van der Waals surface area contributed by atoms with E-state index >= 15 is 0 Å². The van der Waals surface area contributed by atoms with E-state index in [1.54, 1.807) is 0 Å². The molecule has 0 bridgehead atoms. The zero-order valence-corrected chi connectivity index (χ0v) is 54.6. The monoisotopic (exact) mass is 1210 g/mol. The Kier molecular flexibility index (Phi) is 54.3. The van der Waals surface area contributed by atoms with Gasteiger partial charge >= 0.3 is 39.5 Å². The predicted molar refractivity (Wildman–Crippen MR) is 326 cm³/mol. The van der Waals surface area contributed by atoms with Crippen molar-refractivity contribution in [2.45, 2.75) is 330 Å². The summed E-state index contributed by atoms with van der Waals surface area (Å²) in [5.74, 6) is -0.591. The molecule has 0 aromatic heterocycles. The lowest BCUT2D eigenvalue weighted by Crippen LogP contribution is -2.30. The summed E-state index contributed by atoms with van der Waals surface area (Å²) < 4.78 is 67.7. The fourth-order valence-electron chi connectivity index (χ4n) is 9.35. The second-order valence-electron chi connectivity index (χ2n) is 23.7. The Morgan fingerprint density at radius 3 is 0.829 bits per heavy atom. The quantitative estimate of drug-likeness (QED) is 0.0222. The number of phosphoric ester groups is 2. The maximum absolute atomic E-state index is 13.0. The molecule has 0 spiro atoms. The van der Waals surface area contributed by atoms with E-state index in [4.69, 9.17) is 37.0 Å². The minimum absolute atomic E-state index is 0.103. The van der Waals surface area contributed by atoms with Crippen molar-refractivity contribution in [3.63, 3.8) is 0 Å². The molecule has 2 unspecified atom stereocenters. The third-order valence-electron chi connectivity index (χ3n) is 14.5. The highest BCUT2D eigenvalue weighted by molar-refractivity contribution is 7.47. The van der Waals surface area contributed by atoms with Crippen LogP contribution in [0.4, 0.5) is 0 Å². The van der Waals surface area contributed by atoms with Crippen LogP contribution in [0.5, 0.6) is 0 Å². The van der Waals surface area contributed by atoms with Crippen molar-refractivity contribution in [3.05, 3.63) is 0 Å². The molecule has 0 radical (unpaired) electrons. The summed E-state index contributed by atoms with van der Waals surface area (Å²) >= 11 is 0. The molecule has 0 aliphatic carbocycles. The van der Waals surface area contributed by atoms with Crippen molar-refractivity contribution in [2.75, 3.05) is 39.6 Å². The summed E-state index contributed by atoms with van der Waals surface area (Å²) in [7, 11) is -9.87. The van der Waals surface area contributed by atoms with Crippen LogP contribution in [0.2, 0.25) is 0 Å². The number of carbonyl (C=O) groups excluding carboxylic acids is 4. The molecule has 3 N–H and O–H groups in total. The average Bonchev–Trinajstić information content (AvgIpc) is 3.44. The number of ether oxygens (including phenoxy) is 4. The minimum Gasteiger partial charge on any atom is -0.462 e. The number of unbranched alkanes of at least 4 members (excludes halogenated alkanes) is 32. The van der Waals surface area contributed by atoms with Crippen molar-refractivity contribution in [3.8, 4) is 0 Å². The maximum Gasteiger partial charge on any atom is 0.472 e. The predicted octanol–water partition coefficient (Wildman–Crippen LogP) is 17.3. The van der Waals surface area contributed by atoms with E-state index in [1.807, 2.05) is 0 Å². The molecule has 0 aromatic rings. The molecule has 17 nitrogen and oxygen atoms in total. The molecule has 0 saturated heterocycles. The number of hydrogen-bond acceptors (Lipinski definition) is 15. The number of hydrogen-bond donors (Lipinski definition) is 3. The molecule has 0 rings (SSSR count). The summed E-state index contributed by atoms with van der Waals surface area (Å²) in [5, 5.41) is 10.5.